The number of para-hydroxylation sites is 1. The van der Waals surface area contributed by atoms with E-state index in [0.717, 1.165) is 35.1 Å². The van der Waals surface area contributed by atoms with Gasteiger partial charge in [-0.2, -0.15) is 0 Å². The summed E-state index contributed by atoms with van der Waals surface area (Å²) in [6, 6.07) is 16.3. The van der Waals surface area contributed by atoms with Crippen LogP contribution in [-0.4, -0.2) is 84.4 Å². The fourth-order valence-electron chi connectivity index (χ4n) is 5.00. The van der Waals surface area contributed by atoms with Gasteiger partial charge in [-0.15, -0.1) is 0 Å². The van der Waals surface area contributed by atoms with Gasteiger partial charge >= 0.3 is 12.0 Å². The van der Waals surface area contributed by atoms with Gasteiger partial charge < -0.3 is 19.3 Å². The van der Waals surface area contributed by atoms with E-state index in [9.17, 15) is 14.4 Å². The molecule has 2 aromatic carbocycles. The zero-order valence-electron chi connectivity index (χ0n) is 19.8. The number of fused-ring (bicyclic) bond motifs is 3. The largest absolute Gasteiger partial charge is 0.465 e. The van der Waals surface area contributed by atoms with Crippen molar-refractivity contribution in [2.75, 3.05) is 38.2 Å². The number of carbonyl (C=O) groups is 3. The molecule has 10 nitrogen and oxygen atoms in total. The first-order chi connectivity index (χ1) is 17.0. The maximum Gasteiger partial charge on any atom is 0.328 e. The Hall–Kier alpha value is -3.63. The van der Waals surface area contributed by atoms with Crippen LogP contribution in [0.4, 0.5) is 10.5 Å². The molecule has 0 aromatic heterocycles. The van der Waals surface area contributed by atoms with Crippen molar-refractivity contribution in [3.05, 3.63) is 54.6 Å². The lowest BCUT2D eigenvalue weighted by molar-refractivity contribution is -0.151. The molecule has 3 atom stereocenters. The van der Waals surface area contributed by atoms with Crippen LogP contribution < -0.4 is 15.0 Å². The Bertz CT molecular complexity index is 1100. The number of hydrogen-bond donors (Lipinski definition) is 1. The van der Waals surface area contributed by atoms with Gasteiger partial charge in [-0.3, -0.25) is 24.7 Å². The van der Waals surface area contributed by atoms with E-state index in [2.05, 4.69) is 15.1 Å². The highest BCUT2D eigenvalue weighted by atomic mass is 16.5. The standard InChI is InChI=1S/C25H29N5O5/c1-3-34-20(31)16-30-23(32)21-22(27(2)25(30)33)26-24-28(14-7-15-29(21)24)17-10-12-19(13-11-17)35-18-8-5-4-6-9-18/h4-6,8-13,21-22,24,26H,3,7,14-16H2,1-2H3. The van der Waals surface area contributed by atoms with Crippen LogP contribution in [-0.2, 0) is 14.3 Å². The molecular formula is C25H29N5O5. The fourth-order valence-corrected chi connectivity index (χ4v) is 5.00. The van der Waals surface area contributed by atoms with Crippen molar-refractivity contribution < 1.29 is 23.9 Å². The lowest BCUT2D eigenvalue weighted by Crippen LogP contribution is -2.67. The predicted octanol–water partition coefficient (Wildman–Crippen LogP) is 2.03. The van der Waals surface area contributed by atoms with Crippen LogP contribution >= 0.6 is 0 Å². The molecule has 0 radical (unpaired) electrons. The summed E-state index contributed by atoms with van der Waals surface area (Å²) >= 11 is 0. The van der Waals surface area contributed by atoms with Gasteiger partial charge in [-0.25, -0.2) is 4.79 Å². The fraction of sp³-hybridized carbons (Fsp3) is 0.400. The van der Waals surface area contributed by atoms with Crippen LogP contribution in [0.5, 0.6) is 11.5 Å². The SMILES string of the molecule is CCOC(=O)CN1C(=O)C2C(NC3N(c4ccc(Oc5ccccc5)cc4)CCCN23)N(C)C1=O. The number of esters is 1. The average Bonchev–Trinajstić information content (AvgIpc) is 3.27. The Morgan fingerprint density at radius 1 is 1.03 bits per heavy atom. The number of likely N-dealkylation sites (N-methyl/N-ethyl adjacent to an activating group) is 1. The molecule has 0 aliphatic carbocycles. The highest BCUT2D eigenvalue weighted by Gasteiger charge is 2.56. The Morgan fingerprint density at radius 3 is 2.46 bits per heavy atom. The topological polar surface area (TPSA) is 94.7 Å². The Labute approximate surface area is 204 Å². The minimum Gasteiger partial charge on any atom is -0.465 e. The zero-order valence-corrected chi connectivity index (χ0v) is 19.8. The minimum atomic E-state index is -0.596. The molecule has 10 heteroatoms. The summed E-state index contributed by atoms with van der Waals surface area (Å²) in [5, 5.41) is 3.47. The second-order valence-electron chi connectivity index (χ2n) is 8.75. The van der Waals surface area contributed by atoms with Gasteiger partial charge in [-0.05, 0) is 49.7 Å². The molecular weight excluding hydrogens is 450 g/mol. The van der Waals surface area contributed by atoms with E-state index in [1.165, 1.54) is 4.90 Å². The normalized spacial score (nSPS) is 24.3. The van der Waals surface area contributed by atoms with Crippen LogP contribution in [0.15, 0.2) is 54.6 Å². The molecule has 2 aromatic rings. The van der Waals surface area contributed by atoms with E-state index < -0.39 is 24.2 Å². The zero-order chi connectivity index (χ0) is 24.5. The van der Waals surface area contributed by atoms with Crippen molar-refractivity contribution in [2.24, 2.45) is 0 Å². The smallest absolute Gasteiger partial charge is 0.328 e. The number of anilines is 1. The van der Waals surface area contributed by atoms with E-state index in [1.807, 2.05) is 54.6 Å². The summed E-state index contributed by atoms with van der Waals surface area (Å²) in [4.78, 5) is 45.1. The molecule has 3 aliphatic heterocycles. The van der Waals surface area contributed by atoms with Gasteiger partial charge in [0.05, 0.1) is 6.61 Å². The molecule has 0 spiro atoms. The molecule has 0 saturated carbocycles. The maximum atomic E-state index is 13.4. The summed E-state index contributed by atoms with van der Waals surface area (Å²) in [5.74, 6) is 0.526. The number of benzene rings is 2. The number of urea groups is 1. The van der Waals surface area contributed by atoms with Gasteiger partial charge in [0.25, 0.3) is 5.91 Å². The van der Waals surface area contributed by atoms with Crippen molar-refractivity contribution in [3.8, 4) is 11.5 Å². The summed E-state index contributed by atoms with van der Waals surface area (Å²) in [7, 11) is 1.65. The number of imide groups is 1. The number of hydrogen-bond acceptors (Lipinski definition) is 8. The van der Waals surface area contributed by atoms with E-state index in [0.29, 0.717) is 6.54 Å². The Kier molecular flexibility index (Phi) is 6.31. The molecule has 1 N–H and O–H groups in total. The van der Waals surface area contributed by atoms with Gasteiger partial charge in [0.2, 0.25) is 0 Å². The average molecular weight is 480 g/mol. The molecule has 184 valence electrons. The first kappa shape index (κ1) is 23.1. The number of nitrogens with one attached hydrogen (secondary N) is 1. The summed E-state index contributed by atoms with van der Waals surface area (Å²) in [5.41, 5.74) is 0.982. The van der Waals surface area contributed by atoms with Gasteiger partial charge in [0.1, 0.15) is 36.5 Å². The van der Waals surface area contributed by atoms with Crippen LogP contribution in [0.1, 0.15) is 13.3 Å². The number of ether oxygens (including phenoxy) is 2. The molecule has 3 aliphatic rings. The van der Waals surface area contributed by atoms with Gasteiger partial charge in [-0.1, -0.05) is 18.2 Å². The van der Waals surface area contributed by atoms with E-state index in [-0.39, 0.29) is 25.3 Å². The number of nitrogens with zero attached hydrogens (tertiary/aromatic N) is 4. The van der Waals surface area contributed by atoms with Crippen molar-refractivity contribution in [3.63, 3.8) is 0 Å². The first-order valence-electron chi connectivity index (χ1n) is 11.8. The van der Waals surface area contributed by atoms with Crippen LogP contribution in [0.25, 0.3) is 0 Å². The van der Waals surface area contributed by atoms with E-state index in [4.69, 9.17) is 9.47 Å². The molecule has 35 heavy (non-hydrogen) atoms. The monoisotopic (exact) mass is 479 g/mol. The lowest BCUT2D eigenvalue weighted by Gasteiger charge is -2.43. The molecule has 3 unspecified atom stereocenters. The summed E-state index contributed by atoms with van der Waals surface area (Å²) in [6.45, 7) is 2.99. The quantitative estimate of drug-likeness (QED) is 0.629. The van der Waals surface area contributed by atoms with Gasteiger partial charge in [0.15, 0.2) is 0 Å². The van der Waals surface area contributed by atoms with Crippen molar-refractivity contribution in [1.29, 1.82) is 0 Å². The summed E-state index contributed by atoms with van der Waals surface area (Å²) < 4.78 is 10.9. The van der Waals surface area contributed by atoms with Gasteiger partial charge in [0, 0.05) is 25.8 Å². The molecule has 3 fully saturated rings. The number of carbonyl (C=O) groups excluding carboxylic acids is 3. The third-order valence-electron chi connectivity index (χ3n) is 6.61. The highest BCUT2D eigenvalue weighted by Crippen LogP contribution is 2.34. The molecule has 3 heterocycles. The molecule has 5 rings (SSSR count). The Balaban J connectivity index is 1.34. The minimum absolute atomic E-state index is 0.191. The molecule has 3 amide bonds. The van der Waals surface area contributed by atoms with Crippen LogP contribution in [0.3, 0.4) is 0 Å². The van der Waals surface area contributed by atoms with Crippen molar-refractivity contribution >= 4 is 23.6 Å². The van der Waals surface area contributed by atoms with Crippen LogP contribution in [0.2, 0.25) is 0 Å². The van der Waals surface area contributed by atoms with Crippen molar-refractivity contribution in [1.82, 2.24) is 20.0 Å². The predicted molar refractivity (Wildman–Crippen MR) is 128 cm³/mol. The number of rotatable bonds is 6. The number of amides is 3. The van der Waals surface area contributed by atoms with Crippen molar-refractivity contribution in [2.45, 2.75) is 31.8 Å². The first-order valence-corrected chi connectivity index (χ1v) is 11.8. The second kappa shape index (κ2) is 9.55. The summed E-state index contributed by atoms with van der Waals surface area (Å²) in [6.07, 6.45) is 0.105. The lowest BCUT2D eigenvalue weighted by atomic mass is 10.1. The second-order valence-corrected chi connectivity index (χ2v) is 8.75. The maximum absolute atomic E-state index is 13.4. The molecule has 3 saturated heterocycles. The third kappa shape index (κ3) is 4.30. The van der Waals surface area contributed by atoms with E-state index in [1.54, 1.807) is 14.0 Å². The Morgan fingerprint density at radius 2 is 1.74 bits per heavy atom. The van der Waals surface area contributed by atoms with E-state index >= 15 is 0 Å². The van der Waals surface area contributed by atoms with Crippen LogP contribution in [0, 0.1) is 0 Å². The molecule has 0 bridgehead atoms. The highest BCUT2D eigenvalue weighted by molar-refractivity contribution is 6.02. The third-order valence-corrected chi connectivity index (χ3v) is 6.61.